The summed E-state index contributed by atoms with van der Waals surface area (Å²) in [7, 11) is 0. The molecule has 0 aliphatic heterocycles. The molecular weight excluding hydrogens is 621 g/mol. The minimum Gasteiger partial charge on any atom is -0.293 e. The second-order valence-corrected chi connectivity index (χ2v) is 16.2. The van der Waals surface area contributed by atoms with Crippen LogP contribution in [0.5, 0.6) is 0 Å². The van der Waals surface area contributed by atoms with E-state index in [-0.39, 0.29) is 40.5 Å². The number of rotatable bonds is 5. The topological polar surface area (TPSA) is 133 Å². The van der Waals surface area contributed by atoms with Crippen molar-refractivity contribution < 1.29 is 9.59 Å². The molecule has 254 valence electrons. The highest BCUT2D eigenvalue weighted by molar-refractivity contribution is 6.05. The number of nitrogens with zero attached hydrogens (tertiary/aromatic N) is 6. The number of Topliss-reactive ketones (excluding diaryl/α,β-unsaturated/α-hetero) is 2. The number of benzene rings is 1. The van der Waals surface area contributed by atoms with Gasteiger partial charge in [-0.1, -0.05) is 84.0 Å². The van der Waals surface area contributed by atoms with Crippen molar-refractivity contribution >= 4 is 11.6 Å². The Balaban J connectivity index is 1.23. The van der Waals surface area contributed by atoms with Gasteiger partial charge in [-0.05, 0) is 62.8 Å². The van der Waals surface area contributed by atoms with Crippen LogP contribution in [0, 0.1) is 52.3 Å². The van der Waals surface area contributed by atoms with E-state index in [1.54, 1.807) is 0 Å². The number of allylic oxidation sites excluding steroid dienone is 4. The van der Waals surface area contributed by atoms with Gasteiger partial charge in [-0.15, -0.1) is 0 Å². The number of carbonyl (C=O) groups is 2. The highest BCUT2D eigenvalue weighted by atomic mass is 16.1. The third kappa shape index (κ3) is 4.83. The molecule has 3 aromatic rings. The Morgan fingerprint density at radius 3 is 2.16 bits per heavy atom. The van der Waals surface area contributed by atoms with Crippen LogP contribution < -0.4 is 0 Å². The fourth-order valence-electron chi connectivity index (χ4n) is 10.2. The number of carbonyl (C=O) groups excluding carboxylic acids is 2. The first-order chi connectivity index (χ1) is 23.7. The lowest BCUT2D eigenvalue weighted by atomic mass is 9.50. The van der Waals surface area contributed by atoms with Gasteiger partial charge in [0.2, 0.25) is 0 Å². The largest absolute Gasteiger partial charge is 0.293 e. The van der Waals surface area contributed by atoms with Gasteiger partial charge in [-0.2, -0.15) is 10.5 Å². The summed E-state index contributed by atoms with van der Waals surface area (Å²) in [5.74, 6) is 1.06. The summed E-state index contributed by atoms with van der Waals surface area (Å²) in [6, 6.07) is 14.6. The van der Waals surface area contributed by atoms with Crippen LogP contribution in [-0.4, -0.2) is 31.5 Å². The number of aryl methyl sites for hydroxylation is 2. The zero-order valence-corrected chi connectivity index (χ0v) is 30.1. The first kappa shape index (κ1) is 33.7. The molecule has 8 heteroatoms. The Kier molecular flexibility index (Phi) is 7.83. The van der Waals surface area contributed by atoms with Crippen molar-refractivity contribution in [2.75, 3.05) is 0 Å². The molecule has 4 aliphatic rings. The molecule has 2 unspecified atom stereocenters. The van der Waals surface area contributed by atoms with Crippen LogP contribution in [0.1, 0.15) is 107 Å². The Morgan fingerprint density at radius 2 is 1.48 bits per heavy atom. The molecule has 2 aromatic heterocycles. The SMILES string of the molecule is Cc1nc(-c2ccccc2)c2c(n1)[C@@]1(C)C=C(C#N)C(=O)C(C)(CCC(C)c3ncc4c(n3)[C@@]3(C)C=C(C#N)C(=O)C(C)(C)[C@@H]3CC4)[C@@H]1CC2. The molecule has 50 heavy (non-hydrogen) atoms. The molecule has 0 radical (unpaired) electrons. The van der Waals surface area contributed by atoms with Gasteiger partial charge in [0.25, 0.3) is 0 Å². The van der Waals surface area contributed by atoms with E-state index in [4.69, 9.17) is 19.9 Å². The Hall–Kier alpha value is -4.82. The van der Waals surface area contributed by atoms with E-state index >= 15 is 0 Å². The number of ketones is 2. The monoisotopic (exact) mass is 664 g/mol. The Morgan fingerprint density at radius 1 is 0.840 bits per heavy atom. The molecule has 2 heterocycles. The van der Waals surface area contributed by atoms with E-state index in [1.165, 1.54) is 0 Å². The highest BCUT2D eigenvalue weighted by Crippen LogP contribution is 2.58. The summed E-state index contributed by atoms with van der Waals surface area (Å²) in [5.41, 5.74) is 3.66. The maximum absolute atomic E-state index is 14.2. The lowest BCUT2D eigenvalue weighted by Gasteiger charge is -2.52. The molecule has 6 atom stereocenters. The van der Waals surface area contributed by atoms with Crippen LogP contribution in [0.2, 0.25) is 0 Å². The van der Waals surface area contributed by atoms with Gasteiger partial charge >= 0.3 is 0 Å². The van der Waals surface area contributed by atoms with Gasteiger partial charge in [-0.3, -0.25) is 9.59 Å². The van der Waals surface area contributed by atoms with E-state index in [9.17, 15) is 20.1 Å². The Labute approximate surface area is 294 Å². The average molecular weight is 665 g/mol. The standard InChI is InChI=1S/C42H44N6O2/c1-24(38-45-23-27-13-15-31-39(3,4)36(49)28(21-43)19-41(31,6)34(27)48-38)17-18-40(5)32-16-14-30-33(26-11-9-8-10-12-26)46-25(2)47-35(30)42(32,7)20-29(22-44)37(40)50/h8-12,19-20,23-24,31-32H,13-18H2,1-7H3/t24?,31-,32-,40?,41-,42-/m0/s1. The smallest absolute Gasteiger partial charge is 0.179 e. The average Bonchev–Trinajstić information content (AvgIpc) is 3.10. The first-order valence-corrected chi connectivity index (χ1v) is 17.8. The summed E-state index contributed by atoms with van der Waals surface area (Å²) >= 11 is 0. The van der Waals surface area contributed by atoms with Crippen molar-refractivity contribution in [2.24, 2.45) is 22.7 Å². The van der Waals surface area contributed by atoms with E-state index in [0.717, 1.165) is 59.5 Å². The second kappa shape index (κ2) is 11.6. The molecular formula is C42H44N6O2. The second-order valence-electron chi connectivity index (χ2n) is 16.2. The van der Waals surface area contributed by atoms with E-state index < -0.39 is 21.7 Å². The normalized spacial score (nSPS) is 29.9. The molecule has 4 aliphatic carbocycles. The van der Waals surface area contributed by atoms with Crippen molar-refractivity contribution in [3.05, 3.63) is 94.0 Å². The maximum Gasteiger partial charge on any atom is 0.179 e. The van der Waals surface area contributed by atoms with E-state index in [0.29, 0.717) is 24.5 Å². The third-order valence-corrected chi connectivity index (χ3v) is 12.8. The van der Waals surface area contributed by atoms with Crippen molar-refractivity contribution in [3.63, 3.8) is 0 Å². The van der Waals surface area contributed by atoms with E-state index in [1.807, 2.05) is 64.2 Å². The molecule has 0 spiro atoms. The van der Waals surface area contributed by atoms with Crippen molar-refractivity contribution in [3.8, 4) is 23.4 Å². The fourth-order valence-corrected chi connectivity index (χ4v) is 10.2. The summed E-state index contributed by atoms with van der Waals surface area (Å²) in [4.78, 5) is 47.3. The summed E-state index contributed by atoms with van der Waals surface area (Å²) < 4.78 is 0. The van der Waals surface area contributed by atoms with Crippen LogP contribution in [0.15, 0.2) is 59.8 Å². The molecule has 0 saturated carbocycles. The molecule has 0 saturated heterocycles. The number of fused-ring (bicyclic) bond motifs is 6. The van der Waals surface area contributed by atoms with Crippen molar-refractivity contribution in [2.45, 2.75) is 104 Å². The van der Waals surface area contributed by atoms with Gasteiger partial charge < -0.3 is 0 Å². The molecule has 0 amide bonds. The van der Waals surface area contributed by atoms with Gasteiger partial charge in [0.15, 0.2) is 11.6 Å². The number of hydrogen-bond donors (Lipinski definition) is 0. The quantitative estimate of drug-likeness (QED) is 0.273. The van der Waals surface area contributed by atoms with Gasteiger partial charge in [0.05, 0.1) is 28.2 Å². The summed E-state index contributed by atoms with van der Waals surface area (Å²) in [6.07, 6.45) is 10.0. The zero-order chi connectivity index (χ0) is 35.8. The zero-order valence-electron chi connectivity index (χ0n) is 30.1. The molecule has 0 fully saturated rings. The fraction of sp³-hybridized carbons (Fsp3) is 0.476. The predicted octanol–water partition coefficient (Wildman–Crippen LogP) is 7.56. The molecule has 8 nitrogen and oxygen atoms in total. The van der Waals surface area contributed by atoms with Crippen LogP contribution in [0.4, 0.5) is 0 Å². The van der Waals surface area contributed by atoms with Gasteiger partial charge in [-0.25, -0.2) is 19.9 Å². The third-order valence-electron chi connectivity index (χ3n) is 12.8. The molecule has 0 bridgehead atoms. The minimum atomic E-state index is -0.796. The van der Waals surface area contributed by atoms with Crippen molar-refractivity contribution in [1.29, 1.82) is 10.5 Å². The van der Waals surface area contributed by atoms with Crippen molar-refractivity contribution in [1.82, 2.24) is 19.9 Å². The van der Waals surface area contributed by atoms with Crippen LogP contribution in [-0.2, 0) is 33.3 Å². The number of hydrogen-bond acceptors (Lipinski definition) is 8. The highest BCUT2D eigenvalue weighted by Gasteiger charge is 2.57. The van der Waals surface area contributed by atoms with Gasteiger partial charge in [0, 0.05) is 44.9 Å². The summed E-state index contributed by atoms with van der Waals surface area (Å²) in [5, 5.41) is 20.1. The van der Waals surface area contributed by atoms with Crippen LogP contribution >= 0.6 is 0 Å². The molecule has 0 N–H and O–H groups in total. The lowest BCUT2D eigenvalue weighted by molar-refractivity contribution is -0.130. The molecule has 1 aromatic carbocycles. The number of nitriles is 2. The summed E-state index contributed by atoms with van der Waals surface area (Å²) in [6.45, 7) is 14.2. The predicted molar refractivity (Wildman–Crippen MR) is 190 cm³/mol. The lowest BCUT2D eigenvalue weighted by Crippen LogP contribution is -2.53. The Bertz CT molecular complexity index is 2100. The first-order valence-electron chi connectivity index (χ1n) is 17.8. The van der Waals surface area contributed by atoms with Gasteiger partial charge in [0.1, 0.15) is 23.8 Å². The maximum atomic E-state index is 14.2. The minimum absolute atomic E-state index is 0.0156. The molecule has 7 rings (SSSR count). The van der Waals surface area contributed by atoms with E-state index in [2.05, 4.69) is 45.0 Å². The van der Waals surface area contributed by atoms with Crippen LogP contribution in [0.25, 0.3) is 11.3 Å². The van der Waals surface area contributed by atoms with Crippen LogP contribution in [0.3, 0.4) is 0 Å². The number of aromatic nitrogens is 4.